The van der Waals surface area contributed by atoms with Gasteiger partial charge in [0.15, 0.2) is 5.82 Å². The first kappa shape index (κ1) is 33.7. The summed E-state index contributed by atoms with van der Waals surface area (Å²) < 4.78 is 33.2. The highest BCUT2D eigenvalue weighted by molar-refractivity contribution is 9.10. The third-order valence-electron chi connectivity index (χ3n) is 8.93. The first-order chi connectivity index (χ1) is 21.9. The number of fused-ring (bicyclic) bond motifs is 2. The van der Waals surface area contributed by atoms with Gasteiger partial charge >= 0.3 is 12.1 Å². The molecule has 3 saturated heterocycles. The van der Waals surface area contributed by atoms with Gasteiger partial charge in [-0.05, 0) is 87.6 Å². The third kappa shape index (κ3) is 7.19. The van der Waals surface area contributed by atoms with E-state index in [1.54, 1.807) is 4.90 Å². The highest BCUT2D eigenvalue weighted by atomic mass is 79.9. The first-order valence-electron chi connectivity index (χ1n) is 15.8. The van der Waals surface area contributed by atoms with Gasteiger partial charge in [-0.1, -0.05) is 11.8 Å². The van der Waals surface area contributed by atoms with Gasteiger partial charge in [0.2, 0.25) is 5.88 Å². The van der Waals surface area contributed by atoms with Gasteiger partial charge in [0, 0.05) is 36.7 Å². The van der Waals surface area contributed by atoms with E-state index in [2.05, 4.69) is 51.1 Å². The number of hydrogen-bond donors (Lipinski definition) is 1. The number of nitrogens with one attached hydrogen (secondary N) is 1. The normalized spacial score (nSPS) is 22.1. The van der Waals surface area contributed by atoms with Crippen LogP contribution in [0.4, 0.5) is 14.9 Å². The topological polar surface area (TPSA) is 117 Å². The highest BCUT2D eigenvalue weighted by Gasteiger charge is 2.55. The Bertz CT molecular complexity index is 1610. The van der Waals surface area contributed by atoms with E-state index >= 15 is 4.39 Å². The fraction of sp³-hybridized carbons (Fsp3) is 0.588. The maximum atomic E-state index is 16.1. The predicted molar refractivity (Wildman–Crippen MR) is 175 cm³/mol. The minimum Gasteiger partial charge on any atom is -0.475 e. The zero-order chi connectivity index (χ0) is 33.2. The number of hydrogen-bond acceptors (Lipinski definition) is 9. The number of amides is 1. The number of nitrogens with zero attached hydrogens (tertiary/aromatic N) is 4. The second kappa shape index (κ2) is 14.0. The van der Waals surface area contributed by atoms with Gasteiger partial charge in [0.05, 0.1) is 41.8 Å². The molecule has 4 unspecified atom stereocenters. The van der Waals surface area contributed by atoms with Crippen molar-refractivity contribution in [3.05, 3.63) is 27.5 Å². The summed E-state index contributed by atoms with van der Waals surface area (Å²) in [7, 11) is 3.39. The molecule has 4 fully saturated rings. The summed E-state index contributed by atoms with van der Waals surface area (Å²) in [5.74, 6) is 5.71. The van der Waals surface area contributed by atoms with Crippen molar-refractivity contribution in [1.82, 2.24) is 14.8 Å². The second-order valence-electron chi connectivity index (χ2n) is 13.2. The van der Waals surface area contributed by atoms with E-state index in [0.29, 0.717) is 41.8 Å². The van der Waals surface area contributed by atoms with Gasteiger partial charge < -0.3 is 29.3 Å². The number of likely N-dealkylation sites (N-methyl/N-ethyl adjacent to an activating group) is 1. The average molecular weight is 699 g/mol. The molecule has 0 spiro atoms. The molecule has 1 aromatic carbocycles. The number of pyridine rings is 1. The minimum absolute atomic E-state index is 0.112. The van der Waals surface area contributed by atoms with Crippen LogP contribution in [0.25, 0.3) is 10.9 Å². The Labute approximate surface area is 278 Å². The molecule has 4 atom stereocenters. The van der Waals surface area contributed by atoms with Crippen LogP contribution in [0.5, 0.6) is 5.88 Å². The predicted octanol–water partition coefficient (Wildman–Crippen LogP) is 5.79. The monoisotopic (exact) mass is 697 g/mol. The molecule has 12 heteroatoms. The molecule has 1 aliphatic carbocycles. The van der Waals surface area contributed by atoms with Crippen LogP contribution in [0.1, 0.15) is 70.4 Å². The summed E-state index contributed by atoms with van der Waals surface area (Å²) >= 11 is 3.40. The number of rotatable bonds is 9. The molecule has 10 nitrogen and oxygen atoms in total. The van der Waals surface area contributed by atoms with Crippen molar-refractivity contribution >= 4 is 44.6 Å². The summed E-state index contributed by atoms with van der Waals surface area (Å²) in [4.78, 5) is 33.5. The minimum atomic E-state index is -0.619. The Morgan fingerprint density at radius 3 is 2.74 bits per heavy atom. The number of carbonyl (C=O) groups is 2. The van der Waals surface area contributed by atoms with Crippen LogP contribution in [-0.2, 0) is 20.7 Å². The van der Waals surface area contributed by atoms with Crippen LogP contribution >= 0.6 is 15.9 Å². The first-order valence-corrected chi connectivity index (χ1v) is 16.6. The summed E-state index contributed by atoms with van der Waals surface area (Å²) in [6.45, 7) is 7.41. The molecule has 246 valence electrons. The zero-order valence-corrected chi connectivity index (χ0v) is 28.6. The fourth-order valence-corrected chi connectivity index (χ4v) is 6.92. The number of ether oxygens (including phenoxy) is 3. The number of anilines is 1. The maximum Gasteiger partial charge on any atom is 0.410 e. The van der Waals surface area contributed by atoms with E-state index in [4.69, 9.17) is 19.2 Å². The quantitative estimate of drug-likeness (QED) is 0.257. The van der Waals surface area contributed by atoms with Crippen molar-refractivity contribution in [1.29, 1.82) is 5.26 Å². The Kier molecular flexibility index (Phi) is 10.3. The van der Waals surface area contributed by atoms with Crippen molar-refractivity contribution in [2.75, 3.05) is 39.2 Å². The Morgan fingerprint density at radius 2 is 2.07 bits per heavy atom. The number of aromatic nitrogens is 1. The van der Waals surface area contributed by atoms with E-state index in [1.807, 2.05) is 26.8 Å². The lowest BCUT2D eigenvalue weighted by atomic mass is 9.79. The summed E-state index contributed by atoms with van der Waals surface area (Å²) in [5, 5.41) is 13.4. The molecule has 4 aliphatic rings. The van der Waals surface area contributed by atoms with Gasteiger partial charge in [0.1, 0.15) is 23.3 Å². The molecule has 1 aromatic heterocycles. The van der Waals surface area contributed by atoms with Gasteiger partial charge in [0.25, 0.3) is 0 Å². The van der Waals surface area contributed by atoms with Crippen LogP contribution in [-0.4, -0.2) is 84.4 Å². The number of carbonyl (C=O) groups excluding carboxylic acids is 2. The average Bonchev–Trinajstić information content (AvgIpc) is 3.73. The van der Waals surface area contributed by atoms with Crippen LogP contribution in [0.2, 0.25) is 0 Å². The van der Waals surface area contributed by atoms with Crippen LogP contribution < -0.4 is 10.1 Å². The lowest BCUT2D eigenvalue weighted by Crippen LogP contribution is -2.50. The molecule has 1 N–H and O–H groups in total. The van der Waals surface area contributed by atoms with E-state index in [1.165, 1.54) is 7.11 Å². The van der Waals surface area contributed by atoms with Crippen molar-refractivity contribution in [2.24, 2.45) is 5.92 Å². The van der Waals surface area contributed by atoms with E-state index in [9.17, 15) is 14.9 Å². The summed E-state index contributed by atoms with van der Waals surface area (Å²) in [5.41, 5.74) is 1.14. The largest absolute Gasteiger partial charge is 0.475 e. The lowest BCUT2D eigenvalue weighted by Gasteiger charge is -2.38. The standard InChI is InChI=1S/C34H41BrFN5O5/c1-34(2,3)46-33(43)41-18-21-17-25(41)29(21)38-30-23(12-6-7-13-26(42)44-5)32(45-19-22-11-9-15-40(22)4)39-31-24(30)16-20(10-8-14-37)27(35)28(31)36/h16,21-22,25,29H,7-11,13,15,17-19H2,1-5H3,(H,38,39). The molecule has 2 bridgehead atoms. The van der Waals surface area contributed by atoms with Gasteiger partial charge in [-0.25, -0.2) is 14.2 Å². The van der Waals surface area contributed by atoms with Crippen molar-refractivity contribution < 1.29 is 28.2 Å². The third-order valence-corrected chi connectivity index (χ3v) is 9.78. The number of likely N-dealkylation sites (tertiary alicyclic amines) is 1. The molecular formula is C34H41BrFN5O5. The molecule has 6 rings (SSSR count). The van der Waals surface area contributed by atoms with Crippen molar-refractivity contribution in [3.63, 3.8) is 0 Å². The molecule has 2 aromatic rings. The van der Waals surface area contributed by atoms with E-state index < -0.39 is 11.4 Å². The zero-order valence-electron chi connectivity index (χ0n) is 27.0. The summed E-state index contributed by atoms with van der Waals surface area (Å²) in [6.07, 6.45) is 3.43. The van der Waals surface area contributed by atoms with Crippen LogP contribution in [0, 0.1) is 34.9 Å². The second-order valence-corrected chi connectivity index (χ2v) is 14.0. The summed E-state index contributed by atoms with van der Waals surface area (Å²) in [6, 6.07) is 3.92. The number of aryl methyl sites for hydroxylation is 1. The van der Waals surface area contributed by atoms with Crippen molar-refractivity contribution in [2.45, 2.75) is 89.4 Å². The number of methoxy groups -OCH3 is 1. The molecule has 1 saturated carbocycles. The van der Waals surface area contributed by atoms with Crippen molar-refractivity contribution in [3.8, 4) is 23.8 Å². The maximum absolute atomic E-state index is 16.1. The molecule has 1 amide bonds. The smallest absolute Gasteiger partial charge is 0.410 e. The number of halogens is 2. The Morgan fingerprint density at radius 1 is 1.28 bits per heavy atom. The van der Waals surface area contributed by atoms with Crippen LogP contribution in [0.3, 0.4) is 0 Å². The van der Waals surface area contributed by atoms with E-state index in [0.717, 1.165) is 25.8 Å². The Balaban J connectivity index is 1.59. The molecule has 3 aliphatic heterocycles. The molecule has 0 radical (unpaired) electrons. The van der Waals surface area contributed by atoms with Crippen LogP contribution in [0.15, 0.2) is 10.5 Å². The van der Waals surface area contributed by atoms with Gasteiger partial charge in [-0.15, -0.1) is 0 Å². The lowest BCUT2D eigenvalue weighted by molar-refractivity contribution is -0.140. The van der Waals surface area contributed by atoms with Gasteiger partial charge in [-0.3, -0.25) is 4.79 Å². The number of nitriles is 1. The fourth-order valence-electron chi connectivity index (χ4n) is 6.42. The van der Waals surface area contributed by atoms with E-state index in [-0.39, 0.29) is 71.2 Å². The molecule has 4 heterocycles. The molecular weight excluding hydrogens is 657 g/mol. The van der Waals surface area contributed by atoms with Gasteiger partial charge in [-0.2, -0.15) is 5.26 Å². The Hall–Kier alpha value is -3.61. The number of esters is 1. The number of benzene rings is 1. The SMILES string of the molecule is COC(=O)CCC#Cc1c(OCC2CCCN2C)nc2c(F)c(Br)c(CCC#N)cc2c1NC1C2CC1N(C(=O)OC(C)(C)C)C2. The molecule has 46 heavy (non-hydrogen) atoms. The highest BCUT2D eigenvalue weighted by Crippen LogP contribution is 2.46.